The zero-order valence-electron chi connectivity index (χ0n) is 47.3. The predicted molar refractivity (Wildman–Crippen MR) is 301 cm³/mol. The molecule has 14 N–H and O–H groups in total. The third-order valence-electron chi connectivity index (χ3n) is 13.1. The molecule has 1 saturated heterocycles. The lowest BCUT2D eigenvalue weighted by molar-refractivity contribution is -0.145. The largest absolute Gasteiger partial charge is 0.508 e. The monoisotopic (exact) mass is 1140 g/mol. The van der Waals surface area contributed by atoms with E-state index >= 15 is 0 Å². The van der Waals surface area contributed by atoms with E-state index in [1.54, 1.807) is 51.1 Å². The maximum Gasteiger partial charge on any atom is 0.305 e. The molecule has 1 heterocycles. The molecule has 26 heteroatoms. The van der Waals surface area contributed by atoms with E-state index < -0.39 is 121 Å². The Labute approximate surface area is 477 Å². The molecular formula is C56H81N13O13. The van der Waals surface area contributed by atoms with Crippen molar-refractivity contribution in [2.75, 3.05) is 39.8 Å². The number of nitrogens with one attached hydrogen (secondary N) is 10. The van der Waals surface area contributed by atoms with E-state index in [0.717, 1.165) is 4.90 Å². The SMILES string of the molecule is C#CCCC(=O)NCCCC[C@H]1C(=O)N[C@@H](Cc2ccc(O)cc2)C(=O)N[C@@H](CCCNC(=N)N)C(=O)NCC(=O)N[C@@H](CC(=O)O)C(=O)N[C@@H](CC(C)C)C(=O)N[C@@H](C)C(=O)N[C@@H](Cc2ccccc2)C(=O)N(CCC)CC(=O)N1C. The Morgan fingerprint density at radius 3 is 1.98 bits per heavy atom. The number of guanidine groups is 1. The number of carboxylic acids is 1. The number of carboxylic acid groups (broad SMARTS) is 1. The fourth-order valence-electron chi connectivity index (χ4n) is 8.71. The average Bonchev–Trinajstić information content (AvgIpc) is 3.51. The minimum atomic E-state index is -1.79. The number of phenolic OH excluding ortho intramolecular Hbond substituents is 1. The molecule has 448 valence electrons. The zero-order valence-corrected chi connectivity index (χ0v) is 47.3. The highest BCUT2D eigenvalue weighted by molar-refractivity contribution is 5.99. The lowest BCUT2D eigenvalue weighted by atomic mass is 10.0. The minimum Gasteiger partial charge on any atom is -0.508 e. The van der Waals surface area contributed by atoms with Crippen LogP contribution in [0.3, 0.4) is 0 Å². The van der Waals surface area contributed by atoms with Gasteiger partial charge in [-0.05, 0) is 81.0 Å². The molecule has 0 saturated carbocycles. The van der Waals surface area contributed by atoms with Gasteiger partial charge in [-0.25, -0.2) is 0 Å². The van der Waals surface area contributed by atoms with E-state index in [2.05, 4.69) is 53.8 Å². The molecule has 2 aromatic rings. The summed E-state index contributed by atoms with van der Waals surface area (Å²) in [6, 6.07) is 4.29. The van der Waals surface area contributed by atoms with Crippen LogP contribution >= 0.6 is 0 Å². The van der Waals surface area contributed by atoms with Gasteiger partial charge in [0.2, 0.25) is 59.1 Å². The van der Waals surface area contributed by atoms with Crippen molar-refractivity contribution in [2.45, 2.75) is 147 Å². The quantitative estimate of drug-likeness (QED) is 0.0302. The fraction of sp³-hybridized carbons (Fsp3) is 0.536. The number of aliphatic carboxylic acids is 1. The summed E-state index contributed by atoms with van der Waals surface area (Å²) in [7, 11) is 1.35. The lowest BCUT2D eigenvalue weighted by Gasteiger charge is -2.33. The van der Waals surface area contributed by atoms with Crippen molar-refractivity contribution >= 4 is 71.0 Å². The number of terminal acetylenes is 1. The van der Waals surface area contributed by atoms with E-state index in [4.69, 9.17) is 17.6 Å². The molecule has 0 radical (unpaired) electrons. The number of likely N-dealkylation sites (N-methyl/N-ethyl adjacent to an activating group) is 1. The van der Waals surface area contributed by atoms with Crippen molar-refractivity contribution in [1.82, 2.24) is 57.7 Å². The van der Waals surface area contributed by atoms with Crippen molar-refractivity contribution in [3.8, 4) is 18.1 Å². The standard InChI is InChI=1S/C56H81N13O13/c1-7-9-20-45(71)59-25-14-13-19-44-54(81)66-41(29-37-21-23-38(70)24-22-37)52(79)64-39(18-15-26-60-56(57)58)50(77)61-32-46(72)63-42(31-48(74)75)53(80)65-40(28-34(3)4)51(78)62-35(5)49(76)67-43(30-36-16-11-10-12-17-36)55(82)69(27-8-2)33-47(73)68(44)6/h1,10-12,16-17,21-24,34-35,39-44,70H,8-9,13-15,18-20,25-33H2,2-6H3,(H,59,71)(H,61,77)(H,62,78)(H,63,72)(H,64,79)(H,65,80)(H,66,81)(H,67,76)(H,74,75)(H4,57,58,60)/t35-,39-,40-,41-,42-,43-,44-/m0/s1. The molecule has 0 bridgehead atoms. The van der Waals surface area contributed by atoms with E-state index in [1.165, 1.54) is 43.1 Å². The van der Waals surface area contributed by atoms with Gasteiger partial charge in [0.1, 0.15) is 48.0 Å². The number of phenols is 1. The van der Waals surface area contributed by atoms with Crippen LogP contribution in [0.1, 0.15) is 103 Å². The molecule has 2 aromatic carbocycles. The second-order valence-electron chi connectivity index (χ2n) is 20.4. The normalized spacial score (nSPS) is 21.5. The van der Waals surface area contributed by atoms with E-state index in [0.29, 0.717) is 24.0 Å². The van der Waals surface area contributed by atoms with Crippen molar-refractivity contribution in [1.29, 1.82) is 5.41 Å². The molecule has 3 rings (SSSR count). The number of nitrogens with zero attached hydrogens (tertiary/aromatic N) is 2. The van der Waals surface area contributed by atoms with Gasteiger partial charge in [0, 0.05) is 52.4 Å². The van der Waals surface area contributed by atoms with E-state index in [-0.39, 0.29) is 101 Å². The molecule has 0 unspecified atom stereocenters. The van der Waals surface area contributed by atoms with Crippen molar-refractivity contribution in [3.63, 3.8) is 0 Å². The number of hydrogen-bond donors (Lipinski definition) is 13. The van der Waals surface area contributed by atoms with Crippen molar-refractivity contribution in [2.24, 2.45) is 11.7 Å². The number of hydrogen-bond acceptors (Lipinski definition) is 13. The van der Waals surface area contributed by atoms with Gasteiger partial charge in [-0.1, -0.05) is 63.2 Å². The van der Waals surface area contributed by atoms with Gasteiger partial charge >= 0.3 is 5.97 Å². The minimum absolute atomic E-state index is 0.0104. The number of benzene rings is 2. The topological polar surface area (TPSA) is 393 Å². The Balaban J connectivity index is 2.22. The number of aromatic hydroxyl groups is 1. The summed E-state index contributed by atoms with van der Waals surface area (Å²) < 4.78 is 0. The zero-order chi connectivity index (χ0) is 60.9. The summed E-state index contributed by atoms with van der Waals surface area (Å²) in [5.41, 5.74) is 6.53. The molecule has 0 spiro atoms. The summed E-state index contributed by atoms with van der Waals surface area (Å²) in [6.07, 6.45) is 5.24. The Bertz CT molecular complexity index is 2580. The number of carbonyl (C=O) groups excluding carboxylic acids is 10. The maximum absolute atomic E-state index is 14.8. The third kappa shape index (κ3) is 24.3. The van der Waals surface area contributed by atoms with E-state index in [9.17, 15) is 63.0 Å². The number of carbonyl (C=O) groups is 11. The van der Waals surface area contributed by atoms with Gasteiger partial charge in [0.15, 0.2) is 5.96 Å². The Morgan fingerprint density at radius 2 is 1.34 bits per heavy atom. The summed E-state index contributed by atoms with van der Waals surface area (Å²) in [6.45, 7) is 5.42. The highest BCUT2D eigenvalue weighted by Crippen LogP contribution is 2.16. The first-order chi connectivity index (χ1) is 38.9. The molecule has 1 aliphatic rings. The molecule has 0 aromatic heterocycles. The molecule has 7 atom stereocenters. The van der Waals surface area contributed by atoms with Crippen LogP contribution in [-0.4, -0.2) is 173 Å². The van der Waals surface area contributed by atoms with Crippen LogP contribution in [0.2, 0.25) is 0 Å². The lowest BCUT2D eigenvalue weighted by Crippen LogP contribution is -2.59. The van der Waals surface area contributed by atoms with Crippen LogP contribution in [0.5, 0.6) is 5.75 Å². The molecule has 10 amide bonds. The molecule has 82 heavy (non-hydrogen) atoms. The first-order valence-corrected chi connectivity index (χ1v) is 27.4. The molecule has 1 fully saturated rings. The van der Waals surface area contributed by atoms with Gasteiger partial charge in [-0.3, -0.25) is 58.1 Å². The Kier molecular flexibility index (Phi) is 28.9. The molecule has 0 aliphatic carbocycles. The molecule has 26 nitrogen and oxygen atoms in total. The first kappa shape index (κ1) is 67.5. The average molecular weight is 1140 g/mol. The summed E-state index contributed by atoms with van der Waals surface area (Å²) in [5.74, 6) is -8.02. The summed E-state index contributed by atoms with van der Waals surface area (Å²) in [4.78, 5) is 155. The third-order valence-corrected chi connectivity index (χ3v) is 13.1. The predicted octanol–water partition coefficient (Wildman–Crippen LogP) is -1.21. The van der Waals surface area contributed by atoms with Crippen LogP contribution in [0.25, 0.3) is 0 Å². The number of amides is 10. The fourth-order valence-corrected chi connectivity index (χ4v) is 8.71. The van der Waals surface area contributed by atoms with E-state index in [1.807, 2.05) is 0 Å². The van der Waals surface area contributed by atoms with Gasteiger partial charge in [0.05, 0.1) is 19.5 Å². The molecule has 1 aliphatic heterocycles. The van der Waals surface area contributed by atoms with Crippen LogP contribution in [0.4, 0.5) is 0 Å². The van der Waals surface area contributed by atoms with Gasteiger partial charge in [-0.15, -0.1) is 12.3 Å². The smallest absolute Gasteiger partial charge is 0.305 e. The maximum atomic E-state index is 14.8. The number of rotatable bonds is 21. The van der Waals surface area contributed by atoms with Crippen molar-refractivity contribution in [3.05, 3.63) is 65.7 Å². The number of unbranched alkanes of at least 4 members (excludes halogenated alkanes) is 1. The van der Waals surface area contributed by atoms with Crippen LogP contribution < -0.4 is 53.6 Å². The van der Waals surface area contributed by atoms with Crippen LogP contribution in [0, 0.1) is 23.7 Å². The first-order valence-electron chi connectivity index (χ1n) is 27.4. The Morgan fingerprint density at radius 1 is 0.744 bits per heavy atom. The highest BCUT2D eigenvalue weighted by atomic mass is 16.4. The summed E-state index contributed by atoms with van der Waals surface area (Å²) >= 11 is 0. The molecular weight excluding hydrogens is 1060 g/mol. The van der Waals surface area contributed by atoms with Crippen molar-refractivity contribution < 1.29 is 63.0 Å². The number of nitrogens with two attached hydrogens (primary N) is 1. The van der Waals surface area contributed by atoms with Crippen LogP contribution in [-0.2, 0) is 65.6 Å². The highest BCUT2D eigenvalue weighted by Gasteiger charge is 2.36. The van der Waals surface area contributed by atoms with Gasteiger partial charge in [0.25, 0.3) is 0 Å². The second kappa shape index (κ2) is 35.1. The second-order valence-corrected chi connectivity index (χ2v) is 20.4. The van der Waals surface area contributed by atoms with Gasteiger partial charge < -0.3 is 73.6 Å². The van der Waals surface area contributed by atoms with Crippen LogP contribution in [0.15, 0.2) is 54.6 Å². The van der Waals surface area contributed by atoms with Gasteiger partial charge in [-0.2, -0.15) is 0 Å². The Hall–Kier alpha value is -8.76. The summed E-state index contributed by atoms with van der Waals surface area (Å²) in [5, 5.41) is 50.6.